The second kappa shape index (κ2) is 4.45. The van der Waals surface area contributed by atoms with Crippen molar-refractivity contribution < 1.29 is 9.84 Å². The van der Waals surface area contributed by atoms with Crippen LogP contribution in [-0.2, 0) is 0 Å². The minimum atomic E-state index is -0.993. The number of aliphatic hydroxyl groups is 1. The minimum absolute atomic E-state index is 0.631. The summed E-state index contributed by atoms with van der Waals surface area (Å²) >= 11 is 0. The van der Waals surface area contributed by atoms with Gasteiger partial charge in [-0.2, -0.15) is 0 Å². The molecule has 2 aromatic rings. The fourth-order valence-electron chi connectivity index (χ4n) is 2.80. The number of para-hydroxylation sites is 1. The van der Waals surface area contributed by atoms with Crippen LogP contribution < -0.4 is 9.64 Å². The van der Waals surface area contributed by atoms with Crippen LogP contribution >= 0.6 is 0 Å². The average Bonchev–Trinajstić information content (AvgIpc) is 3.01. The van der Waals surface area contributed by atoms with Crippen molar-refractivity contribution in [3.8, 4) is 17.0 Å². The van der Waals surface area contributed by atoms with Crippen molar-refractivity contribution in [2.45, 2.75) is 19.1 Å². The highest BCUT2D eigenvalue weighted by Crippen LogP contribution is 2.40. The van der Waals surface area contributed by atoms with Gasteiger partial charge in [0, 0.05) is 24.8 Å². The Bertz CT molecular complexity index is 653. The SMILES string of the molecule is OC1Oc2ccccc2-c2nc(N3CCCC3)ncc21. The van der Waals surface area contributed by atoms with Gasteiger partial charge in [0.05, 0.1) is 11.3 Å². The molecular weight excluding hydrogens is 254 g/mol. The second-order valence-corrected chi connectivity index (χ2v) is 5.13. The standard InChI is InChI=1S/C15H15N3O2/c19-14-11-9-16-15(18-7-3-4-8-18)17-13(11)10-5-1-2-6-12(10)20-14/h1-2,5-6,9,14,19H,3-4,7-8H2. The van der Waals surface area contributed by atoms with Crippen LogP contribution in [0.5, 0.6) is 5.75 Å². The fraction of sp³-hybridized carbons (Fsp3) is 0.333. The van der Waals surface area contributed by atoms with Gasteiger partial charge in [0.15, 0.2) is 0 Å². The van der Waals surface area contributed by atoms with Gasteiger partial charge in [0.2, 0.25) is 12.2 Å². The van der Waals surface area contributed by atoms with Crippen molar-refractivity contribution >= 4 is 5.95 Å². The highest BCUT2D eigenvalue weighted by atomic mass is 16.6. The second-order valence-electron chi connectivity index (χ2n) is 5.13. The Morgan fingerprint density at radius 3 is 2.85 bits per heavy atom. The maximum absolute atomic E-state index is 10.0. The number of hydrogen-bond acceptors (Lipinski definition) is 5. The van der Waals surface area contributed by atoms with Crippen LogP contribution in [0.1, 0.15) is 24.7 Å². The molecular formula is C15H15N3O2. The first kappa shape index (κ1) is 11.7. The van der Waals surface area contributed by atoms with Crippen molar-refractivity contribution in [2.75, 3.05) is 18.0 Å². The summed E-state index contributed by atoms with van der Waals surface area (Å²) in [6, 6.07) is 7.64. The van der Waals surface area contributed by atoms with E-state index >= 15 is 0 Å². The molecule has 3 heterocycles. The largest absolute Gasteiger partial charge is 0.460 e. The molecule has 4 rings (SSSR count). The molecule has 2 aliphatic rings. The van der Waals surface area contributed by atoms with Crippen LogP contribution in [0.25, 0.3) is 11.3 Å². The molecule has 1 fully saturated rings. The zero-order valence-corrected chi connectivity index (χ0v) is 11.0. The summed E-state index contributed by atoms with van der Waals surface area (Å²) in [6.07, 6.45) is 3.05. The Hall–Kier alpha value is -2.14. The van der Waals surface area contributed by atoms with Crippen molar-refractivity contribution in [2.24, 2.45) is 0 Å². The summed E-state index contributed by atoms with van der Waals surface area (Å²) in [5.41, 5.74) is 2.32. The molecule has 1 unspecified atom stereocenters. The van der Waals surface area contributed by atoms with E-state index in [1.807, 2.05) is 24.3 Å². The van der Waals surface area contributed by atoms with Gasteiger partial charge in [0.25, 0.3) is 0 Å². The molecule has 5 heteroatoms. The molecule has 1 N–H and O–H groups in total. The number of anilines is 1. The Morgan fingerprint density at radius 1 is 1.20 bits per heavy atom. The van der Waals surface area contributed by atoms with E-state index in [4.69, 9.17) is 4.74 Å². The number of aliphatic hydroxyl groups excluding tert-OH is 1. The average molecular weight is 269 g/mol. The number of fused-ring (bicyclic) bond motifs is 3. The van der Waals surface area contributed by atoms with Gasteiger partial charge in [-0.1, -0.05) is 12.1 Å². The highest BCUT2D eigenvalue weighted by Gasteiger charge is 2.27. The van der Waals surface area contributed by atoms with Crippen LogP contribution in [0.3, 0.4) is 0 Å². The lowest BCUT2D eigenvalue weighted by Crippen LogP contribution is -2.22. The summed E-state index contributed by atoms with van der Waals surface area (Å²) in [6.45, 7) is 2.00. The quantitative estimate of drug-likeness (QED) is 0.859. The smallest absolute Gasteiger partial charge is 0.227 e. The van der Waals surface area contributed by atoms with E-state index in [1.165, 1.54) is 12.8 Å². The van der Waals surface area contributed by atoms with Crippen molar-refractivity contribution in [3.63, 3.8) is 0 Å². The highest BCUT2D eigenvalue weighted by molar-refractivity contribution is 5.72. The maximum Gasteiger partial charge on any atom is 0.227 e. The summed E-state index contributed by atoms with van der Waals surface area (Å²) in [5, 5.41) is 10.0. The van der Waals surface area contributed by atoms with Crippen molar-refractivity contribution in [3.05, 3.63) is 36.0 Å². The van der Waals surface area contributed by atoms with E-state index in [0.717, 1.165) is 30.3 Å². The van der Waals surface area contributed by atoms with Gasteiger partial charge in [0.1, 0.15) is 5.75 Å². The monoisotopic (exact) mass is 269 g/mol. The number of nitrogens with zero attached hydrogens (tertiary/aromatic N) is 3. The lowest BCUT2D eigenvalue weighted by atomic mass is 10.0. The number of benzene rings is 1. The van der Waals surface area contributed by atoms with Gasteiger partial charge < -0.3 is 14.7 Å². The van der Waals surface area contributed by atoms with Crippen LogP contribution in [0.2, 0.25) is 0 Å². The normalized spacial score (nSPS) is 20.2. The first-order valence-corrected chi connectivity index (χ1v) is 6.89. The number of rotatable bonds is 1. The third-order valence-corrected chi connectivity index (χ3v) is 3.84. The molecule has 1 aromatic heterocycles. The molecule has 0 amide bonds. The van der Waals surface area contributed by atoms with E-state index in [0.29, 0.717) is 11.3 Å². The van der Waals surface area contributed by atoms with Crippen LogP contribution in [0.4, 0.5) is 5.95 Å². The molecule has 20 heavy (non-hydrogen) atoms. The molecule has 0 saturated carbocycles. The first-order valence-electron chi connectivity index (χ1n) is 6.89. The maximum atomic E-state index is 10.0. The Labute approximate surface area is 116 Å². The number of aromatic nitrogens is 2. The lowest BCUT2D eigenvalue weighted by Gasteiger charge is -2.25. The van der Waals surface area contributed by atoms with Gasteiger partial charge in [-0.05, 0) is 25.0 Å². The lowest BCUT2D eigenvalue weighted by molar-refractivity contribution is -0.0219. The molecule has 1 saturated heterocycles. The summed E-state index contributed by atoms with van der Waals surface area (Å²) < 4.78 is 5.49. The predicted octanol–water partition coefficient (Wildman–Crippen LogP) is 2.13. The van der Waals surface area contributed by atoms with Gasteiger partial charge in [-0.25, -0.2) is 9.97 Å². The van der Waals surface area contributed by atoms with Crippen molar-refractivity contribution in [1.29, 1.82) is 0 Å². The summed E-state index contributed by atoms with van der Waals surface area (Å²) in [4.78, 5) is 11.2. The molecule has 0 bridgehead atoms. The van der Waals surface area contributed by atoms with Crippen LogP contribution in [-0.4, -0.2) is 28.2 Å². The molecule has 0 radical (unpaired) electrons. The fourth-order valence-corrected chi connectivity index (χ4v) is 2.80. The van der Waals surface area contributed by atoms with Crippen molar-refractivity contribution in [1.82, 2.24) is 9.97 Å². The Balaban J connectivity index is 1.85. The van der Waals surface area contributed by atoms with Crippen LogP contribution in [0, 0.1) is 0 Å². The summed E-state index contributed by atoms with van der Waals surface area (Å²) in [7, 11) is 0. The molecule has 1 aromatic carbocycles. The minimum Gasteiger partial charge on any atom is -0.460 e. The molecule has 2 aliphatic heterocycles. The van der Waals surface area contributed by atoms with E-state index < -0.39 is 6.29 Å². The van der Waals surface area contributed by atoms with Crippen LogP contribution in [0.15, 0.2) is 30.5 Å². The van der Waals surface area contributed by atoms with Gasteiger partial charge in [-0.15, -0.1) is 0 Å². The molecule has 5 nitrogen and oxygen atoms in total. The van der Waals surface area contributed by atoms with E-state index in [1.54, 1.807) is 6.20 Å². The number of hydrogen-bond donors (Lipinski definition) is 1. The molecule has 102 valence electrons. The molecule has 1 atom stereocenters. The predicted molar refractivity (Wildman–Crippen MR) is 74.5 cm³/mol. The van der Waals surface area contributed by atoms with E-state index in [-0.39, 0.29) is 0 Å². The van der Waals surface area contributed by atoms with Gasteiger partial charge in [-0.3, -0.25) is 0 Å². The zero-order valence-electron chi connectivity index (χ0n) is 11.0. The van der Waals surface area contributed by atoms with Gasteiger partial charge >= 0.3 is 0 Å². The van der Waals surface area contributed by atoms with E-state index in [2.05, 4.69) is 14.9 Å². The Morgan fingerprint density at radius 2 is 2.00 bits per heavy atom. The molecule has 0 spiro atoms. The zero-order chi connectivity index (χ0) is 13.5. The molecule has 0 aliphatic carbocycles. The van der Waals surface area contributed by atoms with E-state index in [9.17, 15) is 5.11 Å². The summed E-state index contributed by atoms with van der Waals surface area (Å²) in [5.74, 6) is 1.41. The number of ether oxygens (including phenoxy) is 1. The third kappa shape index (κ3) is 1.74. The topological polar surface area (TPSA) is 58.5 Å². The Kier molecular flexibility index (Phi) is 2.60. The first-order chi connectivity index (χ1) is 9.83. The third-order valence-electron chi connectivity index (χ3n) is 3.84.